The maximum Gasteiger partial charge on any atom is 0.242 e. The molecule has 1 amide bonds. The van der Waals surface area contributed by atoms with E-state index in [1.807, 2.05) is 55.5 Å². The van der Waals surface area contributed by atoms with Crippen molar-refractivity contribution in [2.24, 2.45) is 0 Å². The zero-order valence-electron chi connectivity index (χ0n) is 13.7. The second kappa shape index (κ2) is 7.73. The van der Waals surface area contributed by atoms with Crippen molar-refractivity contribution >= 4 is 11.6 Å². The smallest absolute Gasteiger partial charge is 0.242 e. The number of fused-ring (bicyclic) bond motifs is 1. The summed E-state index contributed by atoms with van der Waals surface area (Å²) in [6.45, 7) is 3.66. The molecule has 0 spiro atoms. The average molecular weight is 326 g/mol. The number of carbonyl (C=O) groups excluding carboxylic acids is 1. The summed E-state index contributed by atoms with van der Waals surface area (Å²) in [4.78, 5) is 12.2. The molecule has 0 unspecified atom stereocenters. The molecular weight excluding hydrogens is 304 g/mol. The Morgan fingerprint density at radius 2 is 1.83 bits per heavy atom. The van der Waals surface area contributed by atoms with Gasteiger partial charge in [0.15, 0.2) is 11.5 Å². The van der Waals surface area contributed by atoms with Crippen molar-refractivity contribution in [3.05, 3.63) is 54.1 Å². The van der Waals surface area contributed by atoms with Gasteiger partial charge in [0.2, 0.25) is 5.91 Å². The molecule has 2 N–H and O–H groups in total. The first-order valence-corrected chi connectivity index (χ1v) is 8.20. The zero-order valence-corrected chi connectivity index (χ0v) is 13.7. The predicted octanol–water partition coefficient (Wildman–Crippen LogP) is 2.96. The van der Waals surface area contributed by atoms with Gasteiger partial charge in [0.1, 0.15) is 6.04 Å². The Morgan fingerprint density at radius 1 is 1.08 bits per heavy atom. The molecule has 126 valence electrons. The van der Waals surface area contributed by atoms with E-state index in [-0.39, 0.29) is 11.9 Å². The van der Waals surface area contributed by atoms with E-state index in [4.69, 9.17) is 9.47 Å². The average Bonchev–Trinajstić information content (AvgIpc) is 2.85. The van der Waals surface area contributed by atoms with Crippen LogP contribution in [0.5, 0.6) is 11.5 Å². The van der Waals surface area contributed by atoms with Crippen molar-refractivity contribution in [1.29, 1.82) is 0 Å². The van der Waals surface area contributed by atoms with E-state index in [1.54, 1.807) is 0 Å². The number of rotatable bonds is 5. The van der Waals surface area contributed by atoms with Gasteiger partial charge in [-0.2, -0.15) is 0 Å². The van der Waals surface area contributed by atoms with Crippen LogP contribution in [0.2, 0.25) is 0 Å². The lowest BCUT2D eigenvalue weighted by Crippen LogP contribution is -2.37. The van der Waals surface area contributed by atoms with Crippen LogP contribution in [0.15, 0.2) is 48.5 Å². The third kappa shape index (κ3) is 4.19. The summed E-state index contributed by atoms with van der Waals surface area (Å²) in [5.41, 5.74) is 1.91. The number of amides is 1. The van der Waals surface area contributed by atoms with Crippen molar-refractivity contribution in [2.75, 3.05) is 18.5 Å². The maximum absolute atomic E-state index is 12.2. The van der Waals surface area contributed by atoms with Gasteiger partial charge in [-0.15, -0.1) is 0 Å². The number of hydrogen-bond acceptors (Lipinski definition) is 4. The Kier molecular flexibility index (Phi) is 5.21. The Labute approximate surface area is 142 Å². The number of hydrogen-bond donors (Lipinski definition) is 2. The third-order valence-corrected chi connectivity index (χ3v) is 3.83. The first-order chi connectivity index (χ1) is 11.7. The summed E-state index contributed by atoms with van der Waals surface area (Å²) in [6.07, 6.45) is 0.871. The Morgan fingerprint density at radius 3 is 2.62 bits per heavy atom. The van der Waals surface area contributed by atoms with E-state index in [2.05, 4.69) is 10.6 Å². The minimum absolute atomic E-state index is 0.0500. The molecule has 5 heteroatoms. The molecule has 0 saturated carbocycles. The number of anilines is 1. The van der Waals surface area contributed by atoms with Crippen molar-refractivity contribution in [3.63, 3.8) is 0 Å². The second-order valence-corrected chi connectivity index (χ2v) is 5.78. The van der Waals surface area contributed by atoms with Crippen LogP contribution in [0.1, 0.15) is 18.9 Å². The van der Waals surface area contributed by atoms with Crippen molar-refractivity contribution in [2.45, 2.75) is 25.9 Å². The number of nitrogens with one attached hydrogen (secondary N) is 2. The molecular formula is C19H22N2O3. The molecule has 0 fully saturated rings. The number of benzene rings is 2. The molecule has 3 rings (SSSR count). The van der Waals surface area contributed by atoms with Gasteiger partial charge in [-0.05, 0) is 24.6 Å². The highest BCUT2D eigenvalue weighted by Crippen LogP contribution is 2.32. The highest BCUT2D eigenvalue weighted by molar-refractivity contribution is 5.84. The molecule has 0 bridgehead atoms. The predicted molar refractivity (Wildman–Crippen MR) is 93.4 cm³/mol. The standard InChI is InChI=1S/C19H22N2O3/c1-14(19(22)20-13-15-6-3-2-4-7-15)21-16-8-9-17-18(12-16)24-11-5-10-23-17/h2-4,6-9,12,14,21H,5,10-11,13H2,1H3,(H,20,22)/t14-/m0/s1. The SMILES string of the molecule is C[C@H](Nc1ccc2c(c1)OCCCO2)C(=O)NCc1ccccc1. The molecule has 1 aliphatic heterocycles. The van der Waals surface area contributed by atoms with Crippen LogP contribution in [0.3, 0.4) is 0 Å². The Balaban J connectivity index is 1.57. The van der Waals surface area contributed by atoms with Crippen LogP contribution < -0.4 is 20.1 Å². The summed E-state index contributed by atoms with van der Waals surface area (Å²) in [5.74, 6) is 1.42. The van der Waals surface area contributed by atoms with Gasteiger partial charge >= 0.3 is 0 Å². The first-order valence-electron chi connectivity index (χ1n) is 8.20. The second-order valence-electron chi connectivity index (χ2n) is 5.78. The van der Waals surface area contributed by atoms with E-state index < -0.39 is 0 Å². The lowest BCUT2D eigenvalue weighted by Gasteiger charge is -2.16. The lowest BCUT2D eigenvalue weighted by atomic mass is 10.2. The summed E-state index contributed by atoms with van der Waals surface area (Å²) in [7, 11) is 0. The van der Waals surface area contributed by atoms with Gasteiger partial charge in [-0.25, -0.2) is 0 Å². The van der Waals surface area contributed by atoms with E-state index in [9.17, 15) is 4.79 Å². The van der Waals surface area contributed by atoms with Crippen LogP contribution in [0, 0.1) is 0 Å². The van der Waals surface area contributed by atoms with Crippen LogP contribution in [0.25, 0.3) is 0 Å². The van der Waals surface area contributed by atoms with Gasteiger partial charge in [0.25, 0.3) is 0 Å². The van der Waals surface area contributed by atoms with Crippen molar-refractivity contribution in [1.82, 2.24) is 5.32 Å². The molecule has 5 nitrogen and oxygen atoms in total. The minimum atomic E-state index is -0.349. The Hall–Kier alpha value is -2.69. The van der Waals surface area contributed by atoms with E-state index in [0.29, 0.717) is 19.8 Å². The molecule has 24 heavy (non-hydrogen) atoms. The summed E-state index contributed by atoms with van der Waals surface area (Å²) >= 11 is 0. The number of ether oxygens (including phenoxy) is 2. The summed E-state index contributed by atoms with van der Waals surface area (Å²) in [5, 5.41) is 6.13. The molecule has 2 aromatic rings. The maximum atomic E-state index is 12.2. The molecule has 0 aliphatic carbocycles. The third-order valence-electron chi connectivity index (χ3n) is 3.83. The topological polar surface area (TPSA) is 59.6 Å². The summed E-state index contributed by atoms with van der Waals surface area (Å²) in [6, 6.07) is 15.2. The highest BCUT2D eigenvalue weighted by Gasteiger charge is 2.15. The molecule has 1 heterocycles. The zero-order chi connectivity index (χ0) is 16.8. The molecule has 0 saturated heterocycles. The molecule has 1 atom stereocenters. The largest absolute Gasteiger partial charge is 0.490 e. The van der Waals surface area contributed by atoms with Crippen molar-refractivity contribution < 1.29 is 14.3 Å². The molecule has 1 aliphatic rings. The first kappa shape index (κ1) is 16.2. The highest BCUT2D eigenvalue weighted by atomic mass is 16.5. The molecule has 0 radical (unpaired) electrons. The minimum Gasteiger partial charge on any atom is -0.490 e. The van der Waals surface area contributed by atoms with Crippen LogP contribution in [0.4, 0.5) is 5.69 Å². The fourth-order valence-corrected chi connectivity index (χ4v) is 2.51. The van der Waals surface area contributed by atoms with Gasteiger partial charge in [-0.3, -0.25) is 4.79 Å². The quantitative estimate of drug-likeness (QED) is 0.887. The lowest BCUT2D eigenvalue weighted by molar-refractivity contribution is -0.121. The van der Waals surface area contributed by atoms with E-state index in [0.717, 1.165) is 29.2 Å². The normalized spacial score (nSPS) is 14.4. The fraction of sp³-hybridized carbons (Fsp3) is 0.316. The summed E-state index contributed by atoms with van der Waals surface area (Å²) < 4.78 is 11.3. The van der Waals surface area contributed by atoms with Gasteiger partial charge < -0.3 is 20.1 Å². The van der Waals surface area contributed by atoms with Gasteiger partial charge in [0, 0.05) is 24.7 Å². The van der Waals surface area contributed by atoms with Gasteiger partial charge in [-0.1, -0.05) is 30.3 Å². The Bertz CT molecular complexity index is 688. The monoisotopic (exact) mass is 326 g/mol. The molecule has 0 aromatic heterocycles. The van der Waals surface area contributed by atoms with Crippen LogP contribution >= 0.6 is 0 Å². The molecule has 2 aromatic carbocycles. The van der Waals surface area contributed by atoms with Crippen molar-refractivity contribution in [3.8, 4) is 11.5 Å². The van der Waals surface area contributed by atoms with Crippen LogP contribution in [-0.2, 0) is 11.3 Å². The van der Waals surface area contributed by atoms with Gasteiger partial charge in [0.05, 0.1) is 13.2 Å². The van der Waals surface area contributed by atoms with Crippen LogP contribution in [-0.4, -0.2) is 25.2 Å². The van der Waals surface area contributed by atoms with E-state index in [1.165, 1.54) is 0 Å². The van der Waals surface area contributed by atoms with E-state index >= 15 is 0 Å². The number of carbonyl (C=O) groups is 1. The fourth-order valence-electron chi connectivity index (χ4n) is 2.51.